The lowest BCUT2D eigenvalue weighted by molar-refractivity contribution is 0.686. The summed E-state index contributed by atoms with van der Waals surface area (Å²) in [5, 5.41) is 1.48. The van der Waals surface area contributed by atoms with Crippen LogP contribution in [0.15, 0.2) is 18.2 Å². The Morgan fingerprint density at radius 2 is 1.93 bits per heavy atom. The van der Waals surface area contributed by atoms with Crippen LogP contribution in [0, 0.1) is 6.92 Å². The summed E-state index contributed by atoms with van der Waals surface area (Å²) in [6, 6.07) is 7.00. The van der Waals surface area contributed by atoms with E-state index in [0.717, 1.165) is 35.4 Å². The summed E-state index contributed by atoms with van der Waals surface area (Å²) < 4.78 is 0. The Labute approximate surface area is 170 Å². The lowest BCUT2D eigenvalue weighted by Crippen LogP contribution is -2.20. The van der Waals surface area contributed by atoms with Gasteiger partial charge in [0.25, 0.3) is 0 Å². The van der Waals surface area contributed by atoms with Gasteiger partial charge in [-0.05, 0) is 67.3 Å². The van der Waals surface area contributed by atoms with Crippen LogP contribution < -0.4 is 4.90 Å². The number of unbranched alkanes of at least 4 members (excludes halogenated alkanes) is 1. The first-order valence-electron chi connectivity index (χ1n) is 9.88. The van der Waals surface area contributed by atoms with Crippen molar-refractivity contribution < 1.29 is 0 Å². The minimum absolute atomic E-state index is 0.332. The number of rotatable bonds is 5. The smallest absolute Gasteiger partial charge is 0.225 e. The van der Waals surface area contributed by atoms with Crippen molar-refractivity contribution in [3.05, 3.63) is 39.5 Å². The molecule has 0 spiro atoms. The molecule has 0 N–H and O–H groups in total. The van der Waals surface area contributed by atoms with Gasteiger partial charge in [0.05, 0.1) is 5.39 Å². The van der Waals surface area contributed by atoms with Gasteiger partial charge in [0.1, 0.15) is 10.6 Å². The second-order valence-corrected chi connectivity index (χ2v) is 9.04. The minimum Gasteiger partial charge on any atom is -0.359 e. The number of benzene rings is 1. The fourth-order valence-electron chi connectivity index (χ4n) is 4.08. The zero-order valence-electron chi connectivity index (χ0n) is 16.3. The molecule has 142 valence electrons. The van der Waals surface area contributed by atoms with Gasteiger partial charge in [-0.1, -0.05) is 31.5 Å². The van der Waals surface area contributed by atoms with Crippen molar-refractivity contribution in [2.24, 2.45) is 0 Å². The lowest BCUT2D eigenvalue weighted by Gasteiger charge is -2.20. The van der Waals surface area contributed by atoms with Crippen LogP contribution in [-0.2, 0) is 12.8 Å². The van der Waals surface area contributed by atoms with Crippen LogP contribution in [0.1, 0.15) is 48.6 Å². The van der Waals surface area contributed by atoms with E-state index in [4.69, 9.17) is 11.6 Å². The normalized spacial score (nSPS) is 13.8. The Morgan fingerprint density at radius 1 is 1.15 bits per heavy atom. The zero-order valence-corrected chi connectivity index (χ0v) is 17.9. The highest BCUT2D eigenvalue weighted by Crippen LogP contribution is 2.43. The molecule has 0 radical (unpaired) electrons. The Kier molecular flexibility index (Phi) is 5.38. The topological polar surface area (TPSA) is 29.0 Å². The van der Waals surface area contributed by atoms with E-state index in [-0.39, 0.29) is 0 Å². The van der Waals surface area contributed by atoms with Crippen molar-refractivity contribution in [1.29, 1.82) is 0 Å². The number of hydrogen-bond donors (Lipinski definition) is 0. The number of aryl methyl sites for hydroxylation is 3. The molecule has 2 heterocycles. The molecular weight excluding hydrogens is 374 g/mol. The molecule has 0 unspecified atom stereocenters. The number of nitrogens with zero attached hydrogens (tertiary/aromatic N) is 3. The van der Waals surface area contributed by atoms with E-state index in [1.165, 1.54) is 52.8 Å². The first-order valence-corrected chi connectivity index (χ1v) is 11.1. The van der Waals surface area contributed by atoms with E-state index >= 15 is 0 Å². The number of thiophene rings is 1. The molecule has 0 saturated heterocycles. The molecule has 5 heteroatoms. The van der Waals surface area contributed by atoms with E-state index in [9.17, 15) is 0 Å². The first-order chi connectivity index (χ1) is 13.1. The second-order valence-electron chi connectivity index (χ2n) is 7.50. The SMILES string of the molecule is CCCCN(C)c1nc(Cl)nc2sc(C)c(-c3ccc4c(c3)CCCC4)c12. The molecule has 0 fully saturated rings. The van der Waals surface area contributed by atoms with E-state index in [0.29, 0.717) is 5.28 Å². The van der Waals surface area contributed by atoms with Crippen LogP contribution in [0.3, 0.4) is 0 Å². The molecule has 1 aliphatic carbocycles. The van der Waals surface area contributed by atoms with Crippen molar-refractivity contribution in [2.45, 2.75) is 52.4 Å². The second kappa shape index (κ2) is 7.76. The Morgan fingerprint density at radius 3 is 2.70 bits per heavy atom. The average molecular weight is 400 g/mol. The van der Waals surface area contributed by atoms with E-state index in [1.54, 1.807) is 11.3 Å². The van der Waals surface area contributed by atoms with Crippen LogP contribution in [0.25, 0.3) is 21.3 Å². The molecule has 1 aromatic carbocycles. The molecule has 3 nitrogen and oxygen atoms in total. The van der Waals surface area contributed by atoms with Crippen molar-refractivity contribution in [2.75, 3.05) is 18.5 Å². The number of aromatic nitrogens is 2. The summed E-state index contributed by atoms with van der Waals surface area (Å²) in [5.74, 6) is 0.954. The van der Waals surface area contributed by atoms with Crippen LogP contribution in [0.4, 0.5) is 5.82 Å². The third-order valence-electron chi connectivity index (χ3n) is 5.53. The first kappa shape index (κ1) is 18.7. The maximum absolute atomic E-state index is 6.26. The predicted molar refractivity (Wildman–Crippen MR) is 117 cm³/mol. The standard InChI is InChI=1S/C22H26ClN3S/c1-4-5-12-26(3)20-19-18(14(2)27-21(19)25-22(23)24-20)17-11-10-15-8-6-7-9-16(15)13-17/h10-11,13H,4-9,12H2,1-3H3. The third-order valence-corrected chi connectivity index (χ3v) is 6.70. The molecule has 3 aromatic rings. The van der Waals surface area contributed by atoms with Crippen molar-refractivity contribution in [3.63, 3.8) is 0 Å². The molecule has 2 aromatic heterocycles. The van der Waals surface area contributed by atoms with Gasteiger partial charge in [-0.25, -0.2) is 4.98 Å². The van der Waals surface area contributed by atoms with Crippen molar-refractivity contribution in [3.8, 4) is 11.1 Å². The third kappa shape index (κ3) is 3.57. The van der Waals surface area contributed by atoms with Crippen LogP contribution in [0.2, 0.25) is 5.28 Å². The van der Waals surface area contributed by atoms with Gasteiger partial charge in [0.2, 0.25) is 5.28 Å². The van der Waals surface area contributed by atoms with Gasteiger partial charge in [0.15, 0.2) is 0 Å². The maximum atomic E-state index is 6.26. The number of anilines is 1. The fraction of sp³-hybridized carbons (Fsp3) is 0.455. The van der Waals surface area contributed by atoms with Crippen LogP contribution in [-0.4, -0.2) is 23.6 Å². The van der Waals surface area contributed by atoms with Crippen LogP contribution in [0.5, 0.6) is 0 Å². The maximum Gasteiger partial charge on any atom is 0.225 e. The summed E-state index contributed by atoms with van der Waals surface area (Å²) in [7, 11) is 2.11. The van der Waals surface area contributed by atoms with Gasteiger partial charge < -0.3 is 4.90 Å². The Bertz CT molecular complexity index is 979. The summed E-state index contributed by atoms with van der Waals surface area (Å²) in [6.07, 6.45) is 7.30. The van der Waals surface area contributed by atoms with Gasteiger partial charge >= 0.3 is 0 Å². The molecule has 1 aliphatic rings. The van der Waals surface area contributed by atoms with Gasteiger partial charge in [-0.15, -0.1) is 11.3 Å². The monoisotopic (exact) mass is 399 g/mol. The summed E-state index contributed by atoms with van der Waals surface area (Å²) in [6.45, 7) is 5.37. The average Bonchev–Trinajstić information content (AvgIpc) is 3.00. The Hall–Kier alpha value is -1.65. The molecule has 4 rings (SSSR count). The number of halogens is 1. The molecule has 27 heavy (non-hydrogen) atoms. The quantitative estimate of drug-likeness (QED) is 0.462. The van der Waals surface area contributed by atoms with E-state index in [2.05, 4.69) is 54.0 Å². The van der Waals surface area contributed by atoms with Gasteiger partial charge in [-0.3, -0.25) is 0 Å². The highest BCUT2D eigenvalue weighted by Gasteiger charge is 2.21. The molecule has 0 amide bonds. The summed E-state index contributed by atoms with van der Waals surface area (Å²) in [5.41, 5.74) is 5.59. The van der Waals surface area contributed by atoms with E-state index in [1.807, 2.05) is 0 Å². The molecule has 0 aliphatic heterocycles. The van der Waals surface area contributed by atoms with Crippen molar-refractivity contribution in [1.82, 2.24) is 9.97 Å². The predicted octanol–water partition coefficient (Wildman–Crippen LogP) is 6.44. The molecule has 0 saturated carbocycles. The minimum atomic E-state index is 0.332. The highest BCUT2D eigenvalue weighted by atomic mass is 35.5. The lowest BCUT2D eigenvalue weighted by atomic mass is 9.89. The molecular formula is C22H26ClN3S. The molecule has 0 atom stereocenters. The summed E-state index contributed by atoms with van der Waals surface area (Å²) >= 11 is 7.98. The fourth-order valence-corrected chi connectivity index (χ4v) is 5.34. The number of hydrogen-bond acceptors (Lipinski definition) is 4. The van der Waals surface area contributed by atoms with Crippen molar-refractivity contribution >= 4 is 39.0 Å². The summed E-state index contributed by atoms with van der Waals surface area (Å²) in [4.78, 5) is 13.7. The molecule has 0 bridgehead atoms. The number of fused-ring (bicyclic) bond motifs is 2. The van der Waals surface area contributed by atoms with Crippen LogP contribution >= 0.6 is 22.9 Å². The zero-order chi connectivity index (χ0) is 19.0. The largest absolute Gasteiger partial charge is 0.359 e. The van der Waals surface area contributed by atoms with Gasteiger partial charge in [-0.2, -0.15) is 4.98 Å². The van der Waals surface area contributed by atoms with E-state index < -0.39 is 0 Å². The Balaban J connectivity index is 1.89. The highest BCUT2D eigenvalue weighted by molar-refractivity contribution is 7.19. The van der Waals surface area contributed by atoms with Gasteiger partial charge in [0, 0.05) is 24.0 Å².